The van der Waals surface area contributed by atoms with E-state index in [4.69, 9.17) is 0 Å². The van der Waals surface area contributed by atoms with Crippen molar-refractivity contribution in [1.29, 1.82) is 0 Å². The average molecular weight is 344 g/mol. The number of benzene rings is 3. The molecular formula is C24H24O2. The maximum Gasteiger partial charge on any atom is 0.196 e. The van der Waals surface area contributed by atoms with E-state index in [9.17, 15) is 9.90 Å². The Morgan fingerprint density at radius 2 is 1.54 bits per heavy atom. The Morgan fingerprint density at radius 3 is 2.19 bits per heavy atom. The fourth-order valence-electron chi connectivity index (χ4n) is 3.17. The molecule has 0 spiro atoms. The summed E-state index contributed by atoms with van der Waals surface area (Å²) in [5, 5.41) is 10.8. The third-order valence-corrected chi connectivity index (χ3v) is 4.60. The van der Waals surface area contributed by atoms with E-state index in [1.54, 1.807) is 12.1 Å². The van der Waals surface area contributed by atoms with Crippen molar-refractivity contribution in [1.82, 2.24) is 0 Å². The predicted molar refractivity (Wildman–Crippen MR) is 107 cm³/mol. The summed E-state index contributed by atoms with van der Waals surface area (Å²) in [4.78, 5) is 13.0. The van der Waals surface area contributed by atoms with Gasteiger partial charge in [-0.1, -0.05) is 80.4 Å². The van der Waals surface area contributed by atoms with Crippen LogP contribution in [0, 0.1) is 0 Å². The first-order valence-electron chi connectivity index (χ1n) is 9.21. The van der Waals surface area contributed by atoms with E-state index in [1.165, 1.54) is 0 Å². The Kier molecular flexibility index (Phi) is 5.85. The van der Waals surface area contributed by atoms with Gasteiger partial charge in [-0.05, 0) is 36.1 Å². The molecule has 1 N–H and O–H groups in total. The summed E-state index contributed by atoms with van der Waals surface area (Å²) in [6.45, 7) is 2.18. The van der Waals surface area contributed by atoms with Crippen molar-refractivity contribution >= 4 is 5.78 Å². The van der Waals surface area contributed by atoms with Crippen LogP contribution in [0.25, 0.3) is 11.1 Å². The average Bonchev–Trinajstić information content (AvgIpc) is 2.70. The van der Waals surface area contributed by atoms with Crippen LogP contribution in [0.3, 0.4) is 0 Å². The summed E-state index contributed by atoms with van der Waals surface area (Å²) in [6, 6.07) is 22.8. The molecule has 0 heterocycles. The topological polar surface area (TPSA) is 37.3 Å². The smallest absolute Gasteiger partial charge is 0.196 e. The maximum absolute atomic E-state index is 13.0. The van der Waals surface area contributed by atoms with Crippen molar-refractivity contribution < 1.29 is 9.90 Å². The molecule has 0 aliphatic heterocycles. The molecule has 2 heteroatoms. The van der Waals surface area contributed by atoms with Crippen LogP contribution in [-0.4, -0.2) is 10.9 Å². The summed E-state index contributed by atoms with van der Waals surface area (Å²) in [5.41, 5.74) is 3.70. The normalized spacial score (nSPS) is 10.7. The minimum absolute atomic E-state index is 0.0595. The standard InChI is InChI=1S/C24H24O2/c1-2-3-6-11-18-16-21(19-12-7-4-8-13-19)24(26)22(17-18)23(25)20-14-9-5-10-15-20/h4-5,7-10,12-17,26H,2-3,6,11H2,1H3. The summed E-state index contributed by atoms with van der Waals surface area (Å²) >= 11 is 0. The monoisotopic (exact) mass is 344 g/mol. The largest absolute Gasteiger partial charge is 0.507 e. The number of hydrogen-bond donors (Lipinski definition) is 1. The van der Waals surface area contributed by atoms with Crippen molar-refractivity contribution in [3.8, 4) is 16.9 Å². The van der Waals surface area contributed by atoms with Gasteiger partial charge in [0, 0.05) is 11.1 Å². The lowest BCUT2D eigenvalue weighted by Gasteiger charge is -2.13. The second kappa shape index (κ2) is 8.48. The van der Waals surface area contributed by atoms with Crippen molar-refractivity contribution in [3.63, 3.8) is 0 Å². The van der Waals surface area contributed by atoms with Gasteiger partial charge in [0.25, 0.3) is 0 Å². The van der Waals surface area contributed by atoms with Gasteiger partial charge in [-0.3, -0.25) is 4.79 Å². The summed E-state index contributed by atoms with van der Waals surface area (Å²) in [7, 11) is 0. The van der Waals surface area contributed by atoms with Crippen LogP contribution in [0.2, 0.25) is 0 Å². The van der Waals surface area contributed by atoms with Gasteiger partial charge >= 0.3 is 0 Å². The van der Waals surface area contributed by atoms with Crippen LogP contribution >= 0.6 is 0 Å². The van der Waals surface area contributed by atoms with E-state index in [0.29, 0.717) is 11.1 Å². The van der Waals surface area contributed by atoms with Crippen molar-refractivity contribution in [2.45, 2.75) is 32.6 Å². The van der Waals surface area contributed by atoms with Gasteiger partial charge in [-0.25, -0.2) is 0 Å². The highest BCUT2D eigenvalue weighted by Crippen LogP contribution is 2.35. The van der Waals surface area contributed by atoms with Crippen molar-refractivity contribution in [2.24, 2.45) is 0 Å². The minimum Gasteiger partial charge on any atom is -0.507 e. The number of ketones is 1. The molecule has 0 unspecified atom stereocenters. The first kappa shape index (κ1) is 17.9. The molecule has 0 aromatic heterocycles. The van der Waals surface area contributed by atoms with Crippen LogP contribution < -0.4 is 0 Å². The Labute approximate surface area is 155 Å². The number of aromatic hydroxyl groups is 1. The second-order valence-corrected chi connectivity index (χ2v) is 6.56. The van der Waals surface area contributed by atoms with Gasteiger partial charge < -0.3 is 5.11 Å². The number of rotatable bonds is 7. The van der Waals surface area contributed by atoms with E-state index >= 15 is 0 Å². The zero-order valence-corrected chi connectivity index (χ0v) is 15.1. The molecule has 2 nitrogen and oxygen atoms in total. The van der Waals surface area contributed by atoms with Gasteiger partial charge in [-0.15, -0.1) is 0 Å². The predicted octanol–water partition coefficient (Wildman–Crippen LogP) is 6.02. The third kappa shape index (κ3) is 4.02. The fourth-order valence-corrected chi connectivity index (χ4v) is 3.17. The molecule has 0 saturated carbocycles. The summed E-state index contributed by atoms with van der Waals surface area (Å²) in [6.07, 6.45) is 4.29. The SMILES string of the molecule is CCCCCc1cc(C(=O)c2ccccc2)c(O)c(-c2ccccc2)c1. The number of carbonyl (C=O) groups is 1. The van der Waals surface area contributed by atoms with Gasteiger partial charge in [-0.2, -0.15) is 0 Å². The molecule has 3 aromatic carbocycles. The van der Waals surface area contributed by atoms with Gasteiger partial charge in [0.2, 0.25) is 0 Å². The Morgan fingerprint density at radius 1 is 0.885 bits per heavy atom. The number of unbranched alkanes of at least 4 members (excludes halogenated alkanes) is 2. The number of phenols is 1. The lowest BCUT2D eigenvalue weighted by molar-refractivity contribution is 0.103. The molecule has 132 valence electrons. The van der Waals surface area contributed by atoms with Crippen LogP contribution in [0.15, 0.2) is 72.8 Å². The highest BCUT2D eigenvalue weighted by molar-refractivity contribution is 6.11. The molecule has 3 aromatic rings. The van der Waals surface area contributed by atoms with Crippen LogP contribution in [0.1, 0.15) is 47.7 Å². The van der Waals surface area contributed by atoms with Crippen LogP contribution in [0.4, 0.5) is 0 Å². The molecule has 3 rings (SSSR count). The summed E-state index contributed by atoms with van der Waals surface area (Å²) in [5.74, 6) is -0.0816. The molecule has 0 bridgehead atoms. The molecule has 0 aliphatic carbocycles. The molecule has 0 atom stereocenters. The summed E-state index contributed by atoms with van der Waals surface area (Å²) < 4.78 is 0. The second-order valence-electron chi connectivity index (χ2n) is 6.56. The zero-order chi connectivity index (χ0) is 18.4. The third-order valence-electron chi connectivity index (χ3n) is 4.60. The highest BCUT2D eigenvalue weighted by atomic mass is 16.3. The minimum atomic E-state index is -0.141. The van der Waals surface area contributed by atoms with E-state index in [1.807, 2.05) is 60.7 Å². The first-order chi connectivity index (χ1) is 12.7. The lowest BCUT2D eigenvalue weighted by atomic mass is 9.92. The van der Waals surface area contributed by atoms with Crippen LogP contribution in [-0.2, 0) is 6.42 Å². The van der Waals surface area contributed by atoms with Gasteiger partial charge in [0.1, 0.15) is 5.75 Å². The number of hydrogen-bond acceptors (Lipinski definition) is 2. The van der Waals surface area contributed by atoms with Crippen molar-refractivity contribution in [2.75, 3.05) is 0 Å². The number of phenolic OH excluding ortho intramolecular Hbond substituents is 1. The Hall–Kier alpha value is -2.87. The molecule has 0 saturated heterocycles. The molecule has 0 amide bonds. The molecule has 26 heavy (non-hydrogen) atoms. The highest BCUT2D eigenvalue weighted by Gasteiger charge is 2.18. The van der Waals surface area contributed by atoms with Gasteiger partial charge in [0.15, 0.2) is 5.78 Å². The number of aryl methyl sites for hydroxylation is 1. The molecule has 0 fully saturated rings. The van der Waals surface area contributed by atoms with E-state index in [0.717, 1.165) is 42.4 Å². The van der Waals surface area contributed by atoms with E-state index < -0.39 is 0 Å². The quantitative estimate of drug-likeness (QED) is 0.420. The van der Waals surface area contributed by atoms with E-state index in [-0.39, 0.29) is 11.5 Å². The van der Waals surface area contributed by atoms with Gasteiger partial charge in [0.05, 0.1) is 5.56 Å². The van der Waals surface area contributed by atoms with Crippen molar-refractivity contribution in [3.05, 3.63) is 89.5 Å². The lowest BCUT2D eigenvalue weighted by Crippen LogP contribution is -2.04. The zero-order valence-electron chi connectivity index (χ0n) is 15.1. The molecule has 0 radical (unpaired) electrons. The molecule has 0 aliphatic rings. The van der Waals surface area contributed by atoms with E-state index in [2.05, 4.69) is 6.92 Å². The molecular weight excluding hydrogens is 320 g/mol. The Bertz CT molecular complexity index is 867. The maximum atomic E-state index is 13.0. The Balaban J connectivity index is 2.07. The fraction of sp³-hybridized carbons (Fsp3) is 0.208. The number of carbonyl (C=O) groups excluding carboxylic acids is 1. The van der Waals surface area contributed by atoms with Crippen LogP contribution in [0.5, 0.6) is 5.75 Å². The first-order valence-corrected chi connectivity index (χ1v) is 9.21.